The third-order valence-electron chi connectivity index (χ3n) is 4.85. The number of aromatic nitrogens is 1. The third-order valence-corrected chi connectivity index (χ3v) is 4.85. The van der Waals surface area contributed by atoms with Crippen LogP contribution in [0.25, 0.3) is 11.1 Å². The van der Waals surface area contributed by atoms with Crippen LogP contribution in [0.15, 0.2) is 60.9 Å². The van der Waals surface area contributed by atoms with Crippen LogP contribution in [0.3, 0.4) is 0 Å². The summed E-state index contributed by atoms with van der Waals surface area (Å²) in [7, 11) is 3.07. The van der Waals surface area contributed by atoms with Gasteiger partial charge in [0, 0.05) is 29.2 Å². The van der Waals surface area contributed by atoms with Crippen molar-refractivity contribution in [3.63, 3.8) is 0 Å². The molecule has 30 heavy (non-hydrogen) atoms. The number of nitrogens with zero attached hydrogens (tertiary/aromatic N) is 2. The van der Waals surface area contributed by atoms with E-state index in [2.05, 4.69) is 16.4 Å². The van der Waals surface area contributed by atoms with E-state index < -0.39 is 5.41 Å². The highest BCUT2D eigenvalue weighted by Gasteiger charge is 2.24. The molecule has 0 saturated heterocycles. The first kappa shape index (κ1) is 20.9. The van der Waals surface area contributed by atoms with E-state index in [1.54, 1.807) is 43.8 Å². The van der Waals surface area contributed by atoms with Crippen LogP contribution in [-0.4, -0.2) is 25.1 Å². The number of carbonyl (C=O) groups is 1. The van der Waals surface area contributed by atoms with Crippen LogP contribution in [0.4, 0.5) is 5.69 Å². The topological polar surface area (TPSA) is 84.2 Å². The average molecular weight is 401 g/mol. The molecule has 1 amide bonds. The van der Waals surface area contributed by atoms with Gasteiger partial charge in [-0.05, 0) is 61.4 Å². The summed E-state index contributed by atoms with van der Waals surface area (Å²) in [4.78, 5) is 17.0. The Balaban J connectivity index is 1.98. The lowest BCUT2D eigenvalue weighted by molar-refractivity contribution is 0.102. The molecule has 3 rings (SSSR count). The van der Waals surface area contributed by atoms with Crippen molar-refractivity contribution >= 4 is 11.6 Å². The minimum absolute atomic E-state index is 0.277. The highest BCUT2D eigenvalue weighted by molar-refractivity contribution is 6.05. The Morgan fingerprint density at radius 3 is 2.47 bits per heavy atom. The second-order valence-electron chi connectivity index (χ2n) is 7.26. The van der Waals surface area contributed by atoms with Gasteiger partial charge in [0.2, 0.25) is 0 Å². The van der Waals surface area contributed by atoms with Crippen molar-refractivity contribution in [2.75, 3.05) is 19.5 Å². The average Bonchev–Trinajstić information content (AvgIpc) is 2.78. The lowest BCUT2D eigenvalue weighted by Gasteiger charge is -2.21. The molecule has 3 aromatic rings. The summed E-state index contributed by atoms with van der Waals surface area (Å²) in [5.41, 5.74) is 2.94. The summed E-state index contributed by atoms with van der Waals surface area (Å²) in [6.07, 6.45) is 3.44. The molecule has 0 saturated carbocycles. The van der Waals surface area contributed by atoms with Crippen molar-refractivity contribution < 1.29 is 14.3 Å². The molecule has 152 valence electrons. The second-order valence-corrected chi connectivity index (χ2v) is 7.26. The zero-order valence-electron chi connectivity index (χ0n) is 17.4. The number of ether oxygens (including phenoxy) is 2. The molecular weight excluding hydrogens is 378 g/mol. The fraction of sp³-hybridized carbons (Fsp3) is 0.208. The number of hydrogen-bond acceptors (Lipinski definition) is 5. The van der Waals surface area contributed by atoms with Gasteiger partial charge >= 0.3 is 0 Å². The maximum atomic E-state index is 12.8. The molecule has 6 heteroatoms. The lowest BCUT2D eigenvalue weighted by atomic mass is 9.81. The number of methoxy groups -OCH3 is 2. The van der Waals surface area contributed by atoms with Crippen LogP contribution in [0.5, 0.6) is 11.5 Å². The Morgan fingerprint density at radius 1 is 1.07 bits per heavy atom. The maximum absolute atomic E-state index is 12.8. The van der Waals surface area contributed by atoms with Gasteiger partial charge in [0.05, 0.1) is 25.7 Å². The van der Waals surface area contributed by atoms with Crippen LogP contribution in [0.2, 0.25) is 0 Å². The van der Waals surface area contributed by atoms with E-state index >= 15 is 0 Å². The highest BCUT2D eigenvalue weighted by atomic mass is 16.5. The number of nitriles is 1. The van der Waals surface area contributed by atoms with Crippen LogP contribution in [0, 0.1) is 11.3 Å². The fourth-order valence-corrected chi connectivity index (χ4v) is 3.17. The van der Waals surface area contributed by atoms with Crippen LogP contribution >= 0.6 is 0 Å². The number of anilines is 1. The summed E-state index contributed by atoms with van der Waals surface area (Å²) >= 11 is 0. The molecule has 0 aliphatic rings. The fourth-order valence-electron chi connectivity index (χ4n) is 3.17. The first-order chi connectivity index (χ1) is 14.4. The molecule has 2 aromatic carbocycles. The molecule has 0 atom stereocenters. The van der Waals surface area contributed by atoms with Crippen molar-refractivity contribution in [1.29, 1.82) is 5.26 Å². The van der Waals surface area contributed by atoms with Gasteiger partial charge in [-0.2, -0.15) is 5.26 Å². The molecule has 0 aliphatic carbocycles. The van der Waals surface area contributed by atoms with Crippen LogP contribution in [-0.2, 0) is 5.41 Å². The van der Waals surface area contributed by atoms with Gasteiger partial charge in [-0.25, -0.2) is 0 Å². The predicted octanol–water partition coefficient (Wildman–Crippen LogP) is 4.82. The Hall–Kier alpha value is -3.85. The van der Waals surface area contributed by atoms with E-state index in [-0.39, 0.29) is 5.91 Å². The smallest absolute Gasteiger partial charge is 0.255 e. The third kappa shape index (κ3) is 4.26. The molecule has 6 nitrogen and oxygen atoms in total. The monoisotopic (exact) mass is 401 g/mol. The van der Waals surface area contributed by atoms with E-state index in [0.29, 0.717) is 22.7 Å². The molecule has 1 heterocycles. The first-order valence-corrected chi connectivity index (χ1v) is 9.39. The Morgan fingerprint density at radius 2 is 1.83 bits per heavy atom. The van der Waals surface area contributed by atoms with Crippen molar-refractivity contribution in [2.24, 2.45) is 0 Å². The van der Waals surface area contributed by atoms with E-state index in [4.69, 9.17) is 9.47 Å². The molecule has 0 fully saturated rings. The van der Waals surface area contributed by atoms with E-state index in [1.165, 1.54) is 7.11 Å². The van der Waals surface area contributed by atoms with Crippen molar-refractivity contribution in [3.8, 4) is 28.7 Å². The minimum Gasteiger partial charge on any atom is -0.493 e. The number of amides is 1. The molecular formula is C24H23N3O3. The Labute approximate surface area is 176 Å². The van der Waals surface area contributed by atoms with Crippen molar-refractivity contribution in [2.45, 2.75) is 19.3 Å². The molecule has 0 unspecified atom stereocenters. The van der Waals surface area contributed by atoms with Gasteiger partial charge in [0.25, 0.3) is 5.91 Å². The van der Waals surface area contributed by atoms with Gasteiger partial charge in [-0.15, -0.1) is 0 Å². The van der Waals surface area contributed by atoms with Gasteiger partial charge in [-0.3, -0.25) is 9.78 Å². The Bertz CT molecular complexity index is 1100. The molecule has 0 spiro atoms. The van der Waals surface area contributed by atoms with E-state index in [9.17, 15) is 10.1 Å². The minimum atomic E-state index is -0.697. The summed E-state index contributed by atoms with van der Waals surface area (Å²) < 4.78 is 10.5. The molecule has 1 N–H and O–H groups in total. The summed E-state index contributed by atoms with van der Waals surface area (Å²) in [5, 5.41) is 12.5. The number of hydrogen-bond donors (Lipinski definition) is 1. The zero-order chi connectivity index (χ0) is 21.7. The molecule has 0 bridgehead atoms. The van der Waals surface area contributed by atoms with Crippen LogP contribution in [0.1, 0.15) is 29.8 Å². The zero-order valence-corrected chi connectivity index (χ0v) is 17.4. The SMILES string of the molecule is COc1ccc(C(=O)Nc2ccc(C(C)(C)C#N)c(-c3cccnc3)c2)cc1OC. The largest absolute Gasteiger partial charge is 0.493 e. The Kier molecular flexibility index (Phi) is 6.03. The summed E-state index contributed by atoms with van der Waals surface area (Å²) in [6.45, 7) is 3.73. The number of pyridine rings is 1. The van der Waals surface area contributed by atoms with Crippen molar-refractivity contribution in [3.05, 3.63) is 72.1 Å². The summed E-state index contributed by atoms with van der Waals surface area (Å²) in [6, 6.07) is 16.6. The highest BCUT2D eigenvalue weighted by Crippen LogP contribution is 2.35. The summed E-state index contributed by atoms with van der Waals surface area (Å²) in [5.74, 6) is 0.753. The molecule has 0 radical (unpaired) electrons. The second kappa shape index (κ2) is 8.66. The van der Waals surface area contributed by atoms with E-state index in [1.807, 2.05) is 38.1 Å². The standard InChI is InChI=1S/C24H23N3O3/c1-24(2,15-25)20-9-8-18(13-19(20)17-6-5-11-26-14-17)27-23(28)16-7-10-21(29-3)22(12-16)30-4/h5-14H,1-4H3,(H,27,28). The normalized spacial score (nSPS) is 10.8. The number of nitrogens with one attached hydrogen (secondary N) is 1. The lowest BCUT2D eigenvalue weighted by Crippen LogP contribution is -2.17. The predicted molar refractivity (Wildman–Crippen MR) is 116 cm³/mol. The quantitative estimate of drug-likeness (QED) is 0.640. The van der Waals surface area contributed by atoms with Crippen LogP contribution < -0.4 is 14.8 Å². The van der Waals surface area contributed by atoms with Crippen molar-refractivity contribution in [1.82, 2.24) is 4.98 Å². The first-order valence-electron chi connectivity index (χ1n) is 9.39. The van der Waals surface area contributed by atoms with Gasteiger partial charge in [0.1, 0.15) is 0 Å². The molecule has 1 aromatic heterocycles. The van der Waals surface area contributed by atoms with Gasteiger partial charge in [0.15, 0.2) is 11.5 Å². The van der Waals surface area contributed by atoms with Gasteiger partial charge < -0.3 is 14.8 Å². The van der Waals surface area contributed by atoms with E-state index in [0.717, 1.165) is 16.7 Å². The number of benzene rings is 2. The maximum Gasteiger partial charge on any atom is 0.255 e. The van der Waals surface area contributed by atoms with Gasteiger partial charge in [-0.1, -0.05) is 12.1 Å². The number of carbonyl (C=O) groups excluding carboxylic acids is 1. The molecule has 0 aliphatic heterocycles. The number of rotatable bonds is 6.